The van der Waals surface area contributed by atoms with E-state index in [1.54, 1.807) is 13.2 Å². The Hall–Kier alpha value is -2.63. The first kappa shape index (κ1) is 17.2. The van der Waals surface area contributed by atoms with Crippen molar-refractivity contribution in [1.82, 2.24) is 14.9 Å². The lowest BCUT2D eigenvalue weighted by Crippen LogP contribution is -2.44. The molecule has 1 aromatic carbocycles. The zero-order chi connectivity index (χ0) is 17.8. The molecule has 1 aliphatic rings. The first-order valence-corrected chi connectivity index (χ1v) is 8.47. The molecule has 132 valence electrons. The van der Waals surface area contributed by atoms with Crippen molar-refractivity contribution in [2.24, 2.45) is 0 Å². The van der Waals surface area contributed by atoms with Gasteiger partial charge in [-0.2, -0.15) is 4.98 Å². The lowest BCUT2D eigenvalue weighted by Gasteiger charge is -2.32. The largest absolute Gasteiger partial charge is 0.497 e. The van der Waals surface area contributed by atoms with Crippen LogP contribution in [-0.4, -0.2) is 47.1 Å². The van der Waals surface area contributed by atoms with Crippen molar-refractivity contribution in [3.63, 3.8) is 0 Å². The fourth-order valence-electron chi connectivity index (χ4n) is 3.07. The van der Waals surface area contributed by atoms with Gasteiger partial charge in [0.05, 0.1) is 13.7 Å². The summed E-state index contributed by atoms with van der Waals surface area (Å²) in [5, 5.41) is 0. The minimum atomic E-state index is -0.0583. The Kier molecular flexibility index (Phi) is 5.16. The number of aryl methyl sites for hydroxylation is 2. The summed E-state index contributed by atoms with van der Waals surface area (Å²) in [5.74, 6) is 1.95. The van der Waals surface area contributed by atoms with Crippen LogP contribution in [-0.2, 0) is 0 Å². The van der Waals surface area contributed by atoms with Crippen LogP contribution in [0.25, 0.3) is 0 Å². The molecule has 0 aliphatic carbocycles. The summed E-state index contributed by atoms with van der Waals surface area (Å²) in [6.07, 6.45) is 1.75. The molecule has 0 N–H and O–H groups in total. The Morgan fingerprint density at radius 1 is 1.24 bits per heavy atom. The van der Waals surface area contributed by atoms with E-state index in [1.165, 1.54) is 0 Å². The second-order valence-corrected chi connectivity index (χ2v) is 6.26. The fraction of sp³-hybridized carbons (Fsp3) is 0.421. The summed E-state index contributed by atoms with van der Waals surface area (Å²) < 4.78 is 11.2. The number of carbonyl (C=O) groups excluding carboxylic acids is 1. The summed E-state index contributed by atoms with van der Waals surface area (Å²) in [6.45, 7) is 5.05. The van der Waals surface area contributed by atoms with Gasteiger partial charge in [0.15, 0.2) is 0 Å². The maximum Gasteiger partial charge on any atom is 0.254 e. The summed E-state index contributed by atoms with van der Waals surface area (Å²) in [6, 6.07) is 9.07. The van der Waals surface area contributed by atoms with E-state index in [4.69, 9.17) is 9.47 Å². The van der Waals surface area contributed by atoms with E-state index in [9.17, 15) is 4.79 Å². The quantitative estimate of drug-likeness (QED) is 0.855. The van der Waals surface area contributed by atoms with Crippen LogP contribution in [0.5, 0.6) is 11.6 Å². The molecule has 1 amide bonds. The first-order chi connectivity index (χ1) is 12.0. The number of benzene rings is 1. The third kappa shape index (κ3) is 4.26. The summed E-state index contributed by atoms with van der Waals surface area (Å²) in [4.78, 5) is 23.2. The molecular weight excluding hydrogens is 318 g/mol. The van der Waals surface area contributed by atoms with Crippen molar-refractivity contribution < 1.29 is 14.3 Å². The molecule has 3 rings (SSSR count). The minimum Gasteiger partial charge on any atom is -0.497 e. The molecule has 0 saturated carbocycles. The van der Waals surface area contributed by atoms with Crippen LogP contribution in [0.4, 0.5) is 0 Å². The molecule has 0 radical (unpaired) electrons. The van der Waals surface area contributed by atoms with Crippen molar-refractivity contribution in [1.29, 1.82) is 0 Å². The number of amides is 1. The Balaban J connectivity index is 1.68. The highest BCUT2D eigenvalue weighted by Gasteiger charge is 2.26. The van der Waals surface area contributed by atoms with E-state index in [2.05, 4.69) is 9.97 Å². The third-order valence-electron chi connectivity index (χ3n) is 4.21. The molecule has 6 nitrogen and oxygen atoms in total. The average Bonchev–Trinajstić information content (AvgIpc) is 2.60. The number of likely N-dealkylation sites (tertiary alicyclic amines) is 1. The molecule has 1 aromatic heterocycles. The zero-order valence-electron chi connectivity index (χ0n) is 14.9. The van der Waals surface area contributed by atoms with Gasteiger partial charge in [-0.1, -0.05) is 6.07 Å². The van der Waals surface area contributed by atoms with E-state index in [0.29, 0.717) is 29.6 Å². The van der Waals surface area contributed by atoms with Crippen molar-refractivity contribution in [3.8, 4) is 11.6 Å². The predicted octanol–water partition coefficient (Wildman–Crippen LogP) is 2.79. The van der Waals surface area contributed by atoms with E-state index < -0.39 is 0 Å². The smallest absolute Gasteiger partial charge is 0.254 e. The number of methoxy groups -OCH3 is 1. The summed E-state index contributed by atoms with van der Waals surface area (Å²) in [7, 11) is 1.60. The predicted molar refractivity (Wildman–Crippen MR) is 94.1 cm³/mol. The Bertz CT molecular complexity index is 743. The fourth-order valence-corrected chi connectivity index (χ4v) is 3.07. The standard InChI is InChI=1S/C19H23N3O3/c1-13-10-18(21-14(2)20-13)25-17-8-5-9-22(12-17)19(23)15-6-4-7-16(11-15)24-3/h4,6-7,10-11,17H,5,8-9,12H2,1-3H3. The van der Waals surface area contributed by atoms with Crippen molar-refractivity contribution in [2.75, 3.05) is 20.2 Å². The van der Waals surface area contributed by atoms with Crippen LogP contribution >= 0.6 is 0 Å². The van der Waals surface area contributed by atoms with Gasteiger partial charge in [-0.15, -0.1) is 0 Å². The number of hydrogen-bond donors (Lipinski definition) is 0. The van der Waals surface area contributed by atoms with Gasteiger partial charge in [0.25, 0.3) is 5.91 Å². The molecule has 6 heteroatoms. The SMILES string of the molecule is COc1cccc(C(=O)N2CCCC(Oc3cc(C)nc(C)n3)C2)c1. The molecule has 1 unspecified atom stereocenters. The molecule has 1 fully saturated rings. The molecule has 0 bridgehead atoms. The molecule has 1 aliphatic heterocycles. The topological polar surface area (TPSA) is 64.5 Å². The number of piperidine rings is 1. The Morgan fingerprint density at radius 3 is 2.84 bits per heavy atom. The summed E-state index contributed by atoms with van der Waals surface area (Å²) >= 11 is 0. The van der Waals surface area contributed by atoms with Crippen molar-refractivity contribution >= 4 is 5.91 Å². The molecular formula is C19H23N3O3. The molecule has 0 spiro atoms. The van der Waals surface area contributed by atoms with Gasteiger partial charge < -0.3 is 14.4 Å². The molecule has 2 aromatic rings. The van der Waals surface area contributed by atoms with Gasteiger partial charge in [-0.3, -0.25) is 4.79 Å². The van der Waals surface area contributed by atoms with Crippen LogP contribution in [0.3, 0.4) is 0 Å². The average molecular weight is 341 g/mol. The van der Waals surface area contributed by atoms with Crippen LogP contribution in [0.15, 0.2) is 30.3 Å². The van der Waals surface area contributed by atoms with E-state index in [0.717, 1.165) is 25.1 Å². The lowest BCUT2D eigenvalue weighted by atomic mass is 10.1. The maximum atomic E-state index is 12.8. The highest BCUT2D eigenvalue weighted by Crippen LogP contribution is 2.20. The first-order valence-electron chi connectivity index (χ1n) is 8.47. The van der Waals surface area contributed by atoms with Crippen molar-refractivity contribution in [3.05, 3.63) is 47.4 Å². The maximum absolute atomic E-state index is 12.8. The van der Waals surface area contributed by atoms with E-state index in [-0.39, 0.29) is 12.0 Å². The van der Waals surface area contributed by atoms with Gasteiger partial charge >= 0.3 is 0 Å². The second kappa shape index (κ2) is 7.51. The number of aromatic nitrogens is 2. The minimum absolute atomic E-state index is 0.00208. The number of nitrogens with zero attached hydrogens (tertiary/aromatic N) is 3. The number of rotatable bonds is 4. The van der Waals surface area contributed by atoms with Gasteiger partial charge in [-0.05, 0) is 44.9 Å². The van der Waals surface area contributed by atoms with Crippen LogP contribution in [0.2, 0.25) is 0 Å². The Labute approximate surface area is 147 Å². The molecule has 1 saturated heterocycles. The lowest BCUT2D eigenvalue weighted by molar-refractivity contribution is 0.0526. The molecule has 2 heterocycles. The molecule has 1 atom stereocenters. The second-order valence-electron chi connectivity index (χ2n) is 6.26. The third-order valence-corrected chi connectivity index (χ3v) is 4.21. The number of carbonyl (C=O) groups is 1. The van der Waals surface area contributed by atoms with Crippen LogP contribution < -0.4 is 9.47 Å². The van der Waals surface area contributed by atoms with E-state index in [1.807, 2.05) is 43.0 Å². The van der Waals surface area contributed by atoms with Crippen molar-refractivity contribution in [2.45, 2.75) is 32.8 Å². The highest BCUT2D eigenvalue weighted by atomic mass is 16.5. The highest BCUT2D eigenvalue weighted by molar-refractivity contribution is 5.94. The summed E-state index contributed by atoms with van der Waals surface area (Å²) in [5.41, 5.74) is 1.51. The van der Waals surface area contributed by atoms with Crippen LogP contribution in [0.1, 0.15) is 34.7 Å². The van der Waals surface area contributed by atoms with Gasteiger partial charge in [0.1, 0.15) is 17.7 Å². The van der Waals surface area contributed by atoms with E-state index >= 15 is 0 Å². The van der Waals surface area contributed by atoms with Gasteiger partial charge in [0, 0.05) is 23.9 Å². The Morgan fingerprint density at radius 2 is 2.08 bits per heavy atom. The van der Waals surface area contributed by atoms with Gasteiger partial charge in [0.2, 0.25) is 5.88 Å². The number of hydrogen-bond acceptors (Lipinski definition) is 5. The molecule has 25 heavy (non-hydrogen) atoms. The van der Waals surface area contributed by atoms with Gasteiger partial charge in [-0.25, -0.2) is 4.98 Å². The zero-order valence-corrected chi connectivity index (χ0v) is 14.9. The van der Waals surface area contributed by atoms with Crippen LogP contribution in [0, 0.1) is 13.8 Å². The monoisotopic (exact) mass is 341 g/mol. The number of ether oxygens (including phenoxy) is 2. The normalized spacial score (nSPS) is 17.2.